The lowest BCUT2D eigenvalue weighted by Crippen LogP contribution is -2.33. The van der Waals surface area contributed by atoms with Gasteiger partial charge in [-0.05, 0) is 24.6 Å². The van der Waals surface area contributed by atoms with Gasteiger partial charge >= 0.3 is 6.03 Å². The highest BCUT2D eigenvalue weighted by Gasteiger charge is 2.29. The van der Waals surface area contributed by atoms with Crippen molar-refractivity contribution in [1.82, 2.24) is 19.7 Å². The molecule has 132 valence electrons. The second kappa shape index (κ2) is 5.91. The maximum atomic E-state index is 12.6. The largest absolute Gasteiger partial charge is 0.452 e. The summed E-state index contributed by atoms with van der Waals surface area (Å²) >= 11 is 0. The molecule has 2 amide bonds. The van der Waals surface area contributed by atoms with E-state index in [1.807, 2.05) is 29.1 Å². The molecule has 3 aromatic rings. The smallest absolute Gasteiger partial charge is 0.323 e. The van der Waals surface area contributed by atoms with Gasteiger partial charge in [0.15, 0.2) is 5.75 Å². The number of urea groups is 1. The van der Waals surface area contributed by atoms with Gasteiger partial charge in [0, 0.05) is 18.5 Å². The number of rotatable bonds is 2. The molecule has 1 atom stereocenters. The summed E-state index contributed by atoms with van der Waals surface area (Å²) in [6, 6.07) is 11.6. The van der Waals surface area contributed by atoms with Gasteiger partial charge in [0.1, 0.15) is 5.82 Å². The Kier molecular flexibility index (Phi) is 3.41. The van der Waals surface area contributed by atoms with Gasteiger partial charge in [-0.2, -0.15) is 10.1 Å². The van der Waals surface area contributed by atoms with Crippen LogP contribution in [0.5, 0.6) is 11.6 Å². The summed E-state index contributed by atoms with van der Waals surface area (Å²) in [4.78, 5) is 18.6. The molecule has 4 heterocycles. The van der Waals surface area contributed by atoms with E-state index < -0.39 is 0 Å². The third kappa shape index (κ3) is 2.50. The van der Waals surface area contributed by atoms with Crippen molar-refractivity contribution < 1.29 is 14.3 Å². The number of pyridine rings is 1. The van der Waals surface area contributed by atoms with Gasteiger partial charge in [-0.3, -0.25) is 10.00 Å². The van der Waals surface area contributed by atoms with E-state index in [0.717, 1.165) is 17.3 Å². The van der Waals surface area contributed by atoms with Crippen molar-refractivity contribution in [3.8, 4) is 11.6 Å². The zero-order valence-corrected chi connectivity index (χ0v) is 14.0. The molecule has 0 spiro atoms. The van der Waals surface area contributed by atoms with Gasteiger partial charge in [-0.1, -0.05) is 18.2 Å². The van der Waals surface area contributed by atoms with E-state index in [0.29, 0.717) is 30.5 Å². The van der Waals surface area contributed by atoms with E-state index in [1.54, 1.807) is 17.0 Å². The maximum absolute atomic E-state index is 12.6. The van der Waals surface area contributed by atoms with Gasteiger partial charge in [0.05, 0.1) is 17.8 Å². The van der Waals surface area contributed by atoms with Crippen molar-refractivity contribution in [2.24, 2.45) is 0 Å². The van der Waals surface area contributed by atoms with Crippen LogP contribution < -0.4 is 14.8 Å². The first-order valence-corrected chi connectivity index (χ1v) is 8.53. The molecule has 2 aromatic heterocycles. The van der Waals surface area contributed by atoms with Crippen LogP contribution in [0, 0.1) is 0 Å². The number of aromatic nitrogens is 3. The third-order valence-corrected chi connectivity index (χ3v) is 4.77. The second-order valence-corrected chi connectivity index (χ2v) is 6.37. The predicted octanol–water partition coefficient (Wildman–Crippen LogP) is 2.64. The minimum absolute atomic E-state index is 0.158. The summed E-state index contributed by atoms with van der Waals surface area (Å²) < 4.78 is 12.5. The molecule has 2 aliphatic rings. The molecular formula is C18H17N5O3. The number of ether oxygens (including phenoxy) is 2. The Balaban J connectivity index is 1.29. The monoisotopic (exact) mass is 351 g/mol. The number of benzene rings is 1. The average molecular weight is 351 g/mol. The van der Waals surface area contributed by atoms with Crippen molar-refractivity contribution in [1.29, 1.82) is 0 Å². The summed E-state index contributed by atoms with van der Waals surface area (Å²) in [5, 5.41) is 8.45. The van der Waals surface area contributed by atoms with Crippen LogP contribution >= 0.6 is 0 Å². The molecule has 1 N–H and O–H groups in total. The topological polar surface area (TPSA) is 81.5 Å². The predicted molar refractivity (Wildman–Crippen MR) is 94.3 cm³/mol. The Labute approximate surface area is 149 Å². The van der Waals surface area contributed by atoms with Crippen molar-refractivity contribution in [2.45, 2.75) is 12.5 Å². The van der Waals surface area contributed by atoms with E-state index in [9.17, 15) is 4.79 Å². The Bertz CT molecular complexity index is 986. The molecule has 0 saturated carbocycles. The molecule has 8 heteroatoms. The minimum atomic E-state index is -0.171. The third-order valence-electron chi connectivity index (χ3n) is 4.77. The number of anilines is 1. The molecular weight excluding hydrogens is 334 g/mol. The maximum Gasteiger partial charge on any atom is 0.323 e. The fourth-order valence-electron chi connectivity index (χ4n) is 3.46. The van der Waals surface area contributed by atoms with E-state index in [-0.39, 0.29) is 18.9 Å². The summed E-state index contributed by atoms with van der Waals surface area (Å²) in [6.45, 7) is 1.45. The number of likely N-dealkylation sites (tertiary alicyclic amines) is 1. The van der Waals surface area contributed by atoms with Crippen molar-refractivity contribution >= 4 is 22.8 Å². The Morgan fingerprint density at radius 1 is 1.19 bits per heavy atom. The van der Waals surface area contributed by atoms with Crippen LogP contribution in [0.2, 0.25) is 0 Å². The van der Waals surface area contributed by atoms with Crippen LogP contribution in [0.15, 0.2) is 42.6 Å². The molecule has 0 radical (unpaired) electrons. The van der Waals surface area contributed by atoms with E-state index in [4.69, 9.17) is 9.47 Å². The fraction of sp³-hybridized carbons (Fsp3) is 0.278. The number of fused-ring (bicyclic) bond motifs is 2. The summed E-state index contributed by atoms with van der Waals surface area (Å²) in [6.07, 6.45) is 2.74. The number of nitrogens with one attached hydrogen (secondary N) is 1. The van der Waals surface area contributed by atoms with Gasteiger partial charge in [-0.25, -0.2) is 4.79 Å². The van der Waals surface area contributed by atoms with Crippen LogP contribution in [0.4, 0.5) is 10.6 Å². The van der Waals surface area contributed by atoms with Gasteiger partial charge in [0.2, 0.25) is 6.79 Å². The average Bonchev–Trinajstić information content (AvgIpc) is 3.39. The quantitative estimate of drug-likeness (QED) is 0.768. The molecule has 1 saturated heterocycles. The molecule has 2 aliphatic heterocycles. The van der Waals surface area contributed by atoms with Crippen LogP contribution in [0.3, 0.4) is 0 Å². The molecule has 1 aromatic carbocycles. The van der Waals surface area contributed by atoms with Crippen LogP contribution in [-0.4, -0.2) is 45.6 Å². The van der Waals surface area contributed by atoms with Crippen molar-refractivity contribution in [3.05, 3.63) is 42.6 Å². The van der Waals surface area contributed by atoms with Gasteiger partial charge in [0.25, 0.3) is 5.88 Å². The van der Waals surface area contributed by atoms with Crippen molar-refractivity contribution in [3.63, 3.8) is 0 Å². The van der Waals surface area contributed by atoms with Crippen LogP contribution in [0.25, 0.3) is 10.9 Å². The second-order valence-electron chi connectivity index (χ2n) is 6.37. The normalized spacial score (nSPS) is 18.5. The zero-order chi connectivity index (χ0) is 17.5. The number of nitrogens with zero attached hydrogens (tertiary/aromatic N) is 4. The van der Waals surface area contributed by atoms with Gasteiger partial charge in [-0.15, -0.1) is 0 Å². The molecule has 8 nitrogen and oxygen atoms in total. The highest BCUT2D eigenvalue weighted by atomic mass is 16.7. The van der Waals surface area contributed by atoms with Crippen LogP contribution in [0.1, 0.15) is 12.5 Å². The zero-order valence-electron chi connectivity index (χ0n) is 14.0. The highest BCUT2D eigenvalue weighted by Crippen LogP contribution is 2.31. The number of hydrogen-bond donors (Lipinski definition) is 1. The Morgan fingerprint density at radius 2 is 2.12 bits per heavy atom. The molecule has 0 bridgehead atoms. The number of hydrogen-bond acceptors (Lipinski definition) is 5. The minimum Gasteiger partial charge on any atom is -0.452 e. The number of amides is 2. The number of carbonyl (C=O) groups excluding carboxylic acids is 1. The SMILES string of the molecule is O=C(Nc1ccc2c(n1)OCO2)N1CCC(n2ncc3ccccc32)C1. The Morgan fingerprint density at radius 3 is 3.08 bits per heavy atom. The molecule has 1 unspecified atom stereocenters. The highest BCUT2D eigenvalue weighted by molar-refractivity contribution is 5.88. The Hall–Kier alpha value is -3.29. The fourth-order valence-corrected chi connectivity index (χ4v) is 3.46. The van der Waals surface area contributed by atoms with Gasteiger partial charge < -0.3 is 14.4 Å². The van der Waals surface area contributed by atoms with E-state index in [2.05, 4.69) is 21.5 Å². The number of carbonyl (C=O) groups is 1. The lowest BCUT2D eigenvalue weighted by molar-refractivity contribution is 0.171. The molecule has 0 aliphatic carbocycles. The van der Waals surface area contributed by atoms with Crippen molar-refractivity contribution in [2.75, 3.05) is 25.2 Å². The summed E-state index contributed by atoms with van der Waals surface area (Å²) in [7, 11) is 0. The lowest BCUT2D eigenvalue weighted by Gasteiger charge is -2.17. The number of para-hydroxylation sites is 1. The first-order valence-electron chi connectivity index (χ1n) is 8.53. The van der Waals surface area contributed by atoms with Crippen LogP contribution in [-0.2, 0) is 0 Å². The lowest BCUT2D eigenvalue weighted by atomic mass is 10.2. The first-order chi connectivity index (χ1) is 12.8. The standard InChI is InChI=1S/C18H17N5O3/c24-18(21-16-6-5-15-17(20-16)26-11-25-15)22-8-7-13(10-22)23-14-4-2-1-3-12(14)9-19-23/h1-6,9,13H,7-8,10-11H2,(H,20,21,24). The van der Waals surface area contributed by atoms with E-state index >= 15 is 0 Å². The molecule has 26 heavy (non-hydrogen) atoms. The molecule has 1 fully saturated rings. The molecule has 5 rings (SSSR count). The first kappa shape index (κ1) is 15.0. The van der Waals surface area contributed by atoms with E-state index in [1.165, 1.54) is 0 Å². The summed E-state index contributed by atoms with van der Waals surface area (Å²) in [5.74, 6) is 1.45. The summed E-state index contributed by atoms with van der Waals surface area (Å²) in [5.41, 5.74) is 1.09.